The lowest BCUT2D eigenvalue weighted by molar-refractivity contribution is -0.125. The average molecular weight is 266 g/mol. The number of rotatable bonds is 5. The van der Waals surface area contributed by atoms with Crippen LogP contribution in [0.4, 0.5) is 4.79 Å². The molecule has 106 valence electrons. The zero-order valence-electron chi connectivity index (χ0n) is 11.8. The van der Waals surface area contributed by atoms with E-state index in [0.717, 1.165) is 6.42 Å². The minimum absolute atomic E-state index is 0.167. The van der Waals surface area contributed by atoms with E-state index in [4.69, 9.17) is 0 Å². The summed E-state index contributed by atoms with van der Waals surface area (Å²) in [4.78, 5) is 34.1. The molecule has 0 saturated carbocycles. The SMILES string of the molecule is CC(C)(C)CCNC(=O)NCCC1C(=O)C=CC1=O. The van der Waals surface area contributed by atoms with Crippen LogP contribution in [0, 0.1) is 11.3 Å². The highest BCUT2D eigenvalue weighted by molar-refractivity contribution is 6.18. The Morgan fingerprint density at radius 3 is 2.16 bits per heavy atom. The molecule has 5 nitrogen and oxygen atoms in total. The van der Waals surface area contributed by atoms with E-state index < -0.39 is 5.92 Å². The van der Waals surface area contributed by atoms with Gasteiger partial charge in [-0.2, -0.15) is 0 Å². The summed E-state index contributed by atoms with van der Waals surface area (Å²) in [6.07, 6.45) is 3.86. The van der Waals surface area contributed by atoms with Gasteiger partial charge < -0.3 is 10.6 Å². The summed E-state index contributed by atoms with van der Waals surface area (Å²) in [5.74, 6) is -0.935. The Morgan fingerprint density at radius 1 is 1.11 bits per heavy atom. The predicted octanol–water partition coefficient (Wildman–Crippen LogP) is 1.44. The van der Waals surface area contributed by atoms with Crippen molar-refractivity contribution in [2.75, 3.05) is 13.1 Å². The van der Waals surface area contributed by atoms with Crippen molar-refractivity contribution < 1.29 is 14.4 Å². The van der Waals surface area contributed by atoms with Gasteiger partial charge in [-0.25, -0.2) is 4.79 Å². The third-order valence-corrected chi connectivity index (χ3v) is 2.98. The number of urea groups is 1. The molecule has 0 aromatic rings. The molecule has 1 aliphatic rings. The number of carbonyl (C=O) groups excluding carboxylic acids is 3. The van der Waals surface area contributed by atoms with E-state index in [1.165, 1.54) is 12.2 Å². The molecule has 0 aromatic heterocycles. The molecule has 0 unspecified atom stereocenters. The van der Waals surface area contributed by atoms with Crippen molar-refractivity contribution in [1.29, 1.82) is 0 Å². The van der Waals surface area contributed by atoms with Gasteiger partial charge in [0.2, 0.25) is 0 Å². The molecule has 0 atom stereocenters. The summed E-state index contributed by atoms with van der Waals surface area (Å²) in [7, 11) is 0. The van der Waals surface area contributed by atoms with E-state index in [2.05, 4.69) is 31.4 Å². The normalized spacial score (nSPS) is 15.9. The summed E-state index contributed by atoms with van der Waals surface area (Å²) >= 11 is 0. The molecule has 2 N–H and O–H groups in total. The molecule has 0 radical (unpaired) electrons. The maximum Gasteiger partial charge on any atom is 0.314 e. The first kappa shape index (κ1) is 15.4. The summed E-state index contributed by atoms with van der Waals surface area (Å²) in [6.45, 7) is 7.26. The molecule has 1 rings (SSSR count). The van der Waals surface area contributed by atoms with Crippen LogP contribution in [-0.2, 0) is 9.59 Å². The maximum atomic E-state index is 11.5. The molecule has 0 fully saturated rings. The molecule has 19 heavy (non-hydrogen) atoms. The fourth-order valence-electron chi connectivity index (χ4n) is 1.76. The largest absolute Gasteiger partial charge is 0.338 e. The number of carbonyl (C=O) groups is 3. The zero-order valence-corrected chi connectivity index (χ0v) is 11.8. The fraction of sp³-hybridized carbons (Fsp3) is 0.643. The Hall–Kier alpha value is -1.65. The van der Waals surface area contributed by atoms with Crippen LogP contribution in [0.2, 0.25) is 0 Å². The number of nitrogens with one attached hydrogen (secondary N) is 2. The van der Waals surface area contributed by atoms with Gasteiger partial charge in [0.25, 0.3) is 0 Å². The van der Waals surface area contributed by atoms with Crippen LogP contribution < -0.4 is 10.6 Å². The van der Waals surface area contributed by atoms with Crippen molar-refractivity contribution in [2.24, 2.45) is 11.3 Å². The maximum absolute atomic E-state index is 11.5. The van der Waals surface area contributed by atoms with E-state index in [1.54, 1.807) is 0 Å². The third kappa shape index (κ3) is 5.68. The van der Waals surface area contributed by atoms with Crippen molar-refractivity contribution in [3.05, 3.63) is 12.2 Å². The topological polar surface area (TPSA) is 75.3 Å². The van der Waals surface area contributed by atoms with Gasteiger partial charge in [-0.05, 0) is 30.4 Å². The van der Waals surface area contributed by atoms with Gasteiger partial charge in [0.05, 0.1) is 5.92 Å². The quantitative estimate of drug-likeness (QED) is 0.739. The molecule has 0 heterocycles. The minimum Gasteiger partial charge on any atom is -0.338 e. The average Bonchev–Trinajstić information content (AvgIpc) is 2.58. The lowest BCUT2D eigenvalue weighted by Gasteiger charge is -2.18. The van der Waals surface area contributed by atoms with Gasteiger partial charge in [-0.15, -0.1) is 0 Å². The zero-order chi connectivity index (χ0) is 14.5. The molecular weight excluding hydrogens is 244 g/mol. The van der Waals surface area contributed by atoms with Gasteiger partial charge >= 0.3 is 6.03 Å². The Balaban J connectivity index is 2.14. The van der Waals surface area contributed by atoms with Crippen molar-refractivity contribution >= 4 is 17.6 Å². The number of ketones is 2. The molecule has 0 saturated heterocycles. The van der Waals surface area contributed by atoms with Gasteiger partial charge in [0.15, 0.2) is 11.6 Å². The first-order valence-corrected chi connectivity index (χ1v) is 6.57. The summed E-state index contributed by atoms with van der Waals surface area (Å²) in [5, 5.41) is 5.41. The highest BCUT2D eigenvalue weighted by atomic mass is 16.2. The minimum atomic E-state index is -0.602. The van der Waals surface area contributed by atoms with Crippen molar-refractivity contribution in [3.8, 4) is 0 Å². The molecule has 0 spiro atoms. The van der Waals surface area contributed by atoms with E-state index in [1.807, 2.05) is 0 Å². The molecule has 0 bridgehead atoms. The van der Waals surface area contributed by atoms with Gasteiger partial charge in [-0.3, -0.25) is 9.59 Å². The highest BCUT2D eigenvalue weighted by Gasteiger charge is 2.27. The van der Waals surface area contributed by atoms with E-state index in [9.17, 15) is 14.4 Å². The second-order valence-electron chi connectivity index (χ2n) is 5.97. The third-order valence-electron chi connectivity index (χ3n) is 2.98. The standard InChI is InChI=1S/C14H22N2O3/c1-14(2,3)7-9-16-13(19)15-8-6-10-11(17)4-5-12(10)18/h4-5,10H,6-9H2,1-3H3,(H2,15,16,19). The van der Waals surface area contributed by atoms with Crippen molar-refractivity contribution in [1.82, 2.24) is 10.6 Å². The van der Waals surface area contributed by atoms with Crippen LogP contribution in [-0.4, -0.2) is 30.7 Å². The molecule has 0 aromatic carbocycles. The van der Waals surface area contributed by atoms with Crippen LogP contribution in [0.5, 0.6) is 0 Å². The summed E-state index contributed by atoms with van der Waals surface area (Å²) in [6, 6.07) is -0.255. The Kier molecular flexibility index (Phi) is 5.27. The molecule has 0 aliphatic heterocycles. The highest BCUT2D eigenvalue weighted by Crippen LogP contribution is 2.17. The predicted molar refractivity (Wildman–Crippen MR) is 72.7 cm³/mol. The first-order chi connectivity index (χ1) is 8.79. The van der Waals surface area contributed by atoms with Crippen molar-refractivity contribution in [3.63, 3.8) is 0 Å². The van der Waals surface area contributed by atoms with Crippen LogP contribution in [0.25, 0.3) is 0 Å². The molecule has 2 amide bonds. The number of allylic oxidation sites excluding steroid dienone is 2. The second-order valence-corrected chi connectivity index (χ2v) is 5.97. The second kappa shape index (κ2) is 6.50. The first-order valence-electron chi connectivity index (χ1n) is 6.57. The lowest BCUT2D eigenvalue weighted by atomic mass is 9.92. The molecular formula is C14H22N2O3. The van der Waals surface area contributed by atoms with Gasteiger partial charge in [0, 0.05) is 13.1 Å². The Morgan fingerprint density at radius 2 is 1.63 bits per heavy atom. The summed E-state index contributed by atoms with van der Waals surface area (Å²) < 4.78 is 0. The van der Waals surface area contributed by atoms with Gasteiger partial charge in [-0.1, -0.05) is 20.8 Å². The Labute approximate surface area is 113 Å². The summed E-state index contributed by atoms with van der Waals surface area (Å²) in [5.41, 5.74) is 0.182. The van der Waals surface area contributed by atoms with E-state index in [-0.39, 0.29) is 23.0 Å². The number of hydrogen-bond donors (Lipinski definition) is 2. The Bertz CT molecular complexity index is 376. The molecule has 1 aliphatic carbocycles. The van der Waals surface area contributed by atoms with Gasteiger partial charge in [0.1, 0.15) is 0 Å². The van der Waals surface area contributed by atoms with Crippen LogP contribution >= 0.6 is 0 Å². The van der Waals surface area contributed by atoms with Crippen LogP contribution in [0.3, 0.4) is 0 Å². The number of amides is 2. The van der Waals surface area contributed by atoms with Crippen LogP contribution in [0.15, 0.2) is 12.2 Å². The smallest absolute Gasteiger partial charge is 0.314 e. The number of hydrogen-bond acceptors (Lipinski definition) is 3. The van der Waals surface area contributed by atoms with E-state index >= 15 is 0 Å². The monoisotopic (exact) mass is 266 g/mol. The van der Waals surface area contributed by atoms with E-state index in [0.29, 0.717) is 19.5 Å². The fourth-order valence-corrected chi connectivity index (χ4v) is 1.76. The molecule has 5 heteroatoms. The lowest BCUT2D eigenvalue weighted by Crippen LogP contribution is -2.38. The van der Waals surface area contributed by atoms with Crippen molar-refractivity contribution in [2.45, 2.75) is 33.6 Å². The van der Waals surface area contributed by atoms with Crippen LogP contribution in [0.1, 0.15) is 33.6 Å².